The van der Waals surface area contributed by atoms with Gasteiger partial charge in [-0.2, -0.15) is 0 Å². The van der Waals surface area contributed by atoms with Crippen LogP contribution in [0.4, 0.5) is 0 Å². The van der Waals surface area contributed by atoms with Crippen molar-refractivity contribution in [2.24, 2.45) is 5.73 Å². The molecule has 0 aliphatic carbocycles. The van der Waals surface area contributed by atoms with Gasteiger partial charge in [-0.25, -0.2) is 0 Å². The zero-order chi connectivity index (χ0) is 12.8. The van der Waals surface area contributed by atoms with E-state index in [0.717, 1.165) is 22.2 Å². The van der Waals surface area contributed by atoms with Gasteiger partial charge < -0.3 is 10.5 Å². The lowest BCUT2D eigenvalue weighted by Gasteiger charge is -2.09. The maximum atomic E-state index is 5.75. The van der Waals surface area contributed by atoms with E-state index < -0.39 is 0 Å². The van der Waals surface area contributed by atoms with Crippen molar-refractivity contribution in [2.45, 2.75) is 13.0 Å². The molecular formula is C14H15BrN2O. The lowest BCUT2D eigenvalue weighted by molar-refractivity contribution is 0.304. The second-order valence-corrected chi connectivity index (χ2v) is 4.80. The summed E-state index contributed by atoms with van der Waals surface area (Å²) in [6.07, 6.45) is 4.40. The van der Waals surface area contributed by atoms with Crippen molar-refractivity contribution in [3.05, 3.63) is 58.3 Å². The first-order valence-electron chi connectivity index (χ1n) is 5.80. The van der Waals surface area contributed by atoms with Gasteiger partial charge in [0.2, 0.25) is 0 Å². The predicted octanol–water partition coefficient (Wildman–Crippen LogP) is 2.92. The van der Waals surface area contributed by atoms with E-state index in [-0.39, 0.29) is 0 Å². The minimum atomic E-state index is 0.539. The van der Waals surface area contributed by atoms with Crippen molar-refractivity contribution >= 4 is 15.9 Å². The Morgan fingerprint density at radius 1 is 1.11 bits per heavy atom. The van der Waals surface area contributed by atoms with E-state index >= 15 is 0 Å². The molecule has 0 radical (unpaired) electrons. The molecule has 0 aliphatic heterocycles. The minimum absolute atomic E-state index is 0.539. The zero-order valence-electron chi connectivity index (χ0n) is 9.97. The van der Waals surface area contributed by atoms with Gasteiger partial charge >= 0.3 is 0 Å². The largest absolute Gasteiger partial charge is 0.488 e. The van der Waals surface area contributed by atoms with Crippen LogP contribution in [0.15, 0.2) is 47.2 Å². The summed E-state index contributed by atoms with van der Waals surface area (Å²) in [5.41, 5.74) is 7.84. The van der Waals surface area contributed by atoms with Gasteiger partial charge in [-0.1, -0.05) is 6.07 Å². The molecule has 0 aliphatic rings. The fourth-order valence-electron chi connectivity index (χ4n) is 1.62. The second kappa shape index (κ2) is 6.52. The summed E-state index contributed by atoms with van der Waals surface area (Å²) in [6, 6.07) is 9.94. The minimum Gasteiger partial charge on any atom is -0.488 e. The fraction of sp³-hybridized carbons (Fsp3) is 0.214. The lowest BCUT2D eigenvalue weighted by atomic mass is 10.1. The first kappa shape index (κ1) is 13.1. The quantitative estimate of drug-likeness (QED) is 0.924. The van der Waals surface area contributed by atoms with Crippen LogP contribution in [0.1, 0.15) is 11.1 Å². The maximum absolute atomic E-state index is 5.75. The number of nitrogens with zero attached hydrogens (tertiary/aromatic N) is 1. The van der Waals surface area contributed by atoms with Crippen LogP contribution in [0.5, 0.6) is 5.75 Å². The summed E-state index contributed by atoms with van der Waals surface area (Å²) >= 11 is 3.51. The van der Waals surface area contributed by atoms with Gasteiger partial charge in [0.1, 0.15) is 12.4 Å². The molecule has 0 fully saturated rings. The number of pyridine rings is 1. The third-order valence-corrected chi connectivity index (χ3v) is 3.19. The fourth-order valence-corrected chi connectivity index (χ4v) is 2.16. The number of hydrogen-bond donors (Lipinski definition) is 1. The first-order chi connectivity index (χ1) is 8.79. The third kappa shape index (κ3) is 3.55. The van der Waals surface area contributed by atoms with Crippen LogP contribution in [0.2, 0.25) is 0 Å². The molecule has 4 heteroatoms. The van der Waals surface area contributed by atoms with Gasteiger partial charge in [-0.05, 0) is 64.3 Å². The van der Waals surface area contributed by atoms with Crippen LogP contribution in [-0.2, 0) is 13.0 Å². The van der Waals surface area contributed by atoms with E-state index in [1.54, 1.807) is 12.4 Å². The smallest absolute Gasteiger partial charge is 0.134 e. The van der Waals surface area contributed by atoms with Crippen LogP contribution in [-0.4, -0.2) is 11.5 Å². The molecule has 0 bridgehead atoms. The number of aromatic nitrogens is 1. The van der Waals surface area contributed by atoms with Crippen molar-refractivity contribution in [2.75, 3.05) is 6.54 Å². The van der Waals surface area contributed by atoms with Crippen molar-refractivity contribution in [1.29, 1.82) is 0 Å². The number of ether oxygens (including phenoxy) is 1. The Bertz CT molecular complexity index is 502. The van der Waals surface area contributed by atoms with Crippen molar-refractivity contribution in [3.8, 4) is 5.75 Å². The molecule has 1 aromatic carbocycles. The summed E-state index contributed by atoms with van der Waals surface area (Å²) in [4.78, 5) is 3.97. The van der Waals surface area contributed by atoms with Crippen molar-refractivity contribution < 1.29 is 4.74 Å². The Labute approximate surface area is 115 Å². The summed E-state index contributed by atoms with van der Waals surface area (Å²) in [6.45, 7) is 1.20. The van der Waals surface area contributed by atoms with Crippen molar-refractivity contribution in [1.82, 2.24) is 4.98 Å². The summed E-state index contributed by atoms with van der Waals surface area (Å²) in [5.74, 6) is 0.840. The van der Waals surface area contributed by atoms with Crippen LogP contribution in [0.25, 0.3) is 0 Å². The molecule has 0 spiro atoms. The zero-order valence-corrected chi connectivity index (χ0v) is 11.6. The number of rotatable bonds is 5. The first-order valence-corrected chi connectivity index (χ1v) is 6.59. The highest BCUT2D eigenvalue weighted by Crippen LogP contribution is 2.26. The Hall–Kier alpha value is -1.39. The SMILES string of the molecule is NCCc1ccc(OCc2ccncc2)c(Br)c1. The van der Waals surface area contributed by atoms with E-state index in [1.165, 1.54) is 5.56 Å². The summed E-state index contributed by atoms with van der Waals surface area (Å²) in [7, 11) is 0. The Morgan fingerprint density at radius 2 is 1.89 bits per heavy atom. The van der Waals surface area contributed by atoms with Gasteiger partial charge in [0, 0.05) is 12.4 Å². The monoisotopic (exact) mass is 306 g/mol. The molecular weight excluding hydrogens is 292 g/mol. The van der Waals surface area contributed by atoms with Crippen LogP contribution in [0.3, 0.4) is 0 Å². The second-order valence-electron chi connectivity index (χ2n) is 3.95. The maximum Gasteiger partial charge on any atom is 0.134 e. The van der Waals surface area contributed by atoms with Gasteiger partial charge in [-0.3, -0.25) is 4.98 Å². The highest BCUT2D eigenvalue weighted by molar-refractivity contribution is 9.10. The third-order valence-electron chi connectivity index (χ3n) is 2.57. The number of benzene rings is 1. The van der Waals surface area contributed by atoms with Gasteiger partial charge in [0.25, 0.3) is 0 Å². The summed E-state index contributed by atoms with van der Waals surface area (Å²) in [5, 5.41) is 0. The average Bonchev–Trinajstić information content (AvgIpc) is 2.39. The Kier molecular flexibility index (Phi) is 4.73. The van der Waals surface area contributed by atoms with Crippen molar-refractivity contribution in [3.63, 3.8) is 0 Å². The molecule has 2 rings (SSSR count). The summed E-state index contributed by atoms with van der Waals surface area (Å²) < 4.78 is 6.71. The number of hydrogen-bond acceptors (Lipinski definition) is 3. The topological polar surface area (TPSA) is 48.1 Å². The highest BCUT2D eigenvalue weighted by Gasteiger charge is 2.03. The van der Waals surface area contributed by atoms with Gasteiger partial charge in [0.15, 0.2) is 0 Å². The molecule has 2 aromatic rings. The molecule has 0 amide bonds. The molecule has 0 saturated heterocycles. The molecule has 2 N–H and O–H groups in total. The van der Waals surface area contributed by atoms with E-state index in [2.05, 4.69) is 27.0 Å². The van der Waals surface area contributed by atoms with E-state index in [4.69, 9.17) is 10.5 Å². The molecule has 0 atom stereocenters. The Balaban J connectivity index is 2.01. The molecule has 0 unspecified atom stereocenters. The highest BCUT2D eigenvalue weighted by atomic mass is 79.9. The van der Waals surface area contributed by atoms with Crippen LogP contribution in [0, 0.1) is 0 Å². The Morgan fingerprint density at radius 3 is 2.56 bits per heavy atom. The molecule has 1 heterocycles. The normalized spacial score (nSPS) is 10.3. The average molecular weight is 307 g/mol. The van der Waals surface area contributed by atoms with Gasteiger partial charge in [0.05, 0.1) is 4.47 Å². The number of nitrogens with two attached hydrogens (primary N) is 1. The van der Waals surface area contributed by atoms with E-state index in [1.807, 2.05) is 24.3 Å². The molecule has 0 saturated carbocycles. The van der Waals surface area contributed by atoms with Gasteiger partial charge in [-0.15, -0.1) is 0 Å². The molecule has 3 nitrogen and oxygen atoms in total. The van der Waals surface area contributed by atoms with Crippen LogP contribution >= 0.6 is 15.9 Å². The van der Waals surface area contributed by atoms with E-state index in [9.17, 15) is 0 Å². The number of halogens is 1. The molecule has 18 heavy (non-hydrogen) atoms. The van der Waals surface area contributed by atoms with E-state index in [0.29, 0.717) is 13.2 Å². The lowest BCUT2D eigenvalue weighted by Crippen LogP contribution is -2.03. The predicted molar refractivity (Wildman–Crippen MR) is 75.5 cm³/mol. The van der Waals surface area contributed by atoms with Crippen LogP contribution < -0.4 is 10.5 Å². The standard InChI is InChI=1S/C14H15BrN2O/c15-13-9-11(3-6-16)1-2-14(13)18-10-12-4-7-17-8-5-12/h1-2,4-5,7-9H,3,6,10,16H2. The molecule has 94 valence electrons. The molecule has 1 aromatic heterocycles.